The third kappa shape index (κ3) is 4.78. The lowest BCUT2D eigenvalue weighted by Gasteiger charge is -2.36. The van der Waals surface area contributed by atoms with Crippen LogP contribution in [0.4, 0.5) is 0 Å². The molecule has 1 N–H and O–H groups in total. The fourth-order valence-electron chi connectivity index (χ4n) is 4.80. The summed E-state index contributed by atoms with van der Waals surface area (Å²) in [5.74, 6) is 1.46. The first-order valence-electron chi connectivity index (χ1n) is 11.0. The number of morpholine rings is 1. The second kappa shape index (κ2) is 8.88. The summed E-state index contributed by atoms with van der Waals surface area (Å²) in [6.45, 7) is 10.1. The lowest BCUT2D eigenvalue weighted by Crippen LogP contribution is -2.51. The normalized spacial score (nSPS) is 22.8. The van der Waals surface area contributed by atoms with Gasteiger partial charge in [0.2, 0.25) is 0 Å². The number of nitrogens with one attached hydrogen (secondary N) is 1. The van der Waals surface area contributed by atoms with Crippen LogP contribution in [0.1, 0.15) is 42.5 Å². The minimum Gasteiger partial charge on any atom is -0.379 e. The Morgan fingerprint density at radius 2 is 2.03 bits per heavy atom. The van der Waals surface area contributed by atoms with Gasteiger partial charge < -0.3 is 14.6 Å². The van der Waals surface area contributed by atoms with Crippen LogP contribution in [-0.2, 0) is 14.6 Å². The minimum absolute atomic E-state index is 0.0880. The van der Waals surface area contributed by atoms with Gasteiger partial charge in [0.05, 0.1) is 41.8 Å². The predicted molar refractivity (Wildman–Crippen MR) is 120 cm³/mol. The van der Waals surface area contributed by atoms with Gasteiger partial charge >= 0.3 is 0 Å². The lowest BCUT2D eigenvalue weighted by atomic mass is 10.0. The molecular weight excluding hydrogens is 416 g/mol. The highest BCUT2D eigenvalue weighted by Crippen LogP contribution is 2.29. The van der Waals surface area contributed by atoms with E-state index in [-0.39, 0.29) is 29.5 Å². The third-order valence-electron chi connectivity index (χ3n) is 6.46. The van der Waals surface area contributed by atoms with Crippen LogP contribution in [0.2, 0.25) is 0 Å². The minimum atomic E-state index is -2.99. The number of nitrogens with zero attached hydrogens (tertiary/aromatic N) is 3. The molecule has 2 atom stereocenters. The zero-order chi connectivity index (χ0) is 22.2. The van der Waals surface area contributed by atoms with Crippen molar-refractivity contribution in [3.05, 3.63) is 29.6 Å². The number of benzene rings is 1. The maximum atomic E-state index is 12.9. The highest BCUT2D eigenvalue weighted by molar-refractivity contribution is 7.91. The van der Waals surface area contributed by atoms with E-state index in [1.54, 1.807) is 12.1 Å². The number of aryl methyl sites for hydroxylation is 1. The molecular formula is C22H32N4O4S. The van der Waals surface area contributed by atoms with Gasteiger partial charge in [0, 0.05) is 31.2 Å². The molecule has 0 radical (unpaired) electrons. The molecule has 1 aromatic heterocycles. The van der Waals surface area contributed by atoms with Crippen molar-refractivity contribution in [2.24, 2.45) is 5.92 Å². The van der Waals surface area contributed by atoms with Crippen LogP contribution in [0, 0.1) is 12.8 Å². The van der Waals surface area contributed by atoms with Gasteiger partial charge in [-0.1, -0.05) is 13.8 Å². The molecule has 8 nitrogen and oxygen atoms in total. The first kappa shape index (κ1) is 22.2. The third-order valence-corrected chi connectivity index (χ3v) is 8.21. The summed E-state index contributed by atoms with van der Waals surface area (Å²) in [5.41, 5.74) is 2.17. The highest BCUT2D eigenvalue weighted by atomic mass is 32.2. The topological polar surface area (TPSA) is 93.5 Å². The van der Waals surface area contributed by atoms with Crippen LogP contribution in [0.25, 0.3) is 11.0 Å². The molecule has 2 aromatic rings. The predicted octanol–water partition coefficient (Wildman–Crippen LogP) is 1.79. The number of imidazole rings is 1. The molecule has 0 bridgehead atoms. The van der Waals surface area contributed by atoms with Crippen LogP contribution >= 0.6 is 0 Å². The number of amides is 1. The molecule has 1 amide bonds. The monoisotopic (exact) mass is 448 g/mol. The van der Waals surface area contributed by atoms with Gasteiger partial charge in [-0.3, -0.25) is 9.69 Å². The second-order valence-electron chi connectivity index (χ2n) is 8.96. The van der Waals surface area contributed by atoms with Gasteiger partial charge in [0.25, 0.3) is 5.91 Å². The number of carbonyl (C=O) groups is 1. The van der Waals surface area contributed by atoms with Crippen molar-refractivity contribution in [2.75, 3.05) is 44.4 Å². The Bertz CT molecular complexity index is 1060. The van der Waals surface area contributed by atoms with Crippen molar-refractivity contribution >= 4 is 26.8 Å². The van der Waals surface area contributed by atoms with E-state index in [1.807, 2.05) is 17.6 Å². The Kier molecular flexibility index (Phi) is 6.37. The smallest absolute Gasteiger partial charge is 0.251 e. The Hall–Kier alpha value is -1.97. The molecule has 0 unspecified atom stereocenters. The van der Waals surface area contributed by atoms with Crippen LogP contribution in [-0.4, -0.2) is 79.2 Å². The van der Waals surface area contributed by atoms with E-state index in [1.165, 1.54) is 0 Å². The summed E-state index contributed by atoms with van der Waals surface area (Å²) >= 11 is 0. The van der Waals surface area contributed by atoms with E-state index in [0.29, 0.717) is 24.4 Å². The molecule has 170 valence electrons. The van der Waals surface area contributed by atoms with Crippen molar-refractivity contribution in [3.8, 4) is 0 Å². The lowest BCUT2D eigenvalue weighted by molar-refractivity contribution is 0.00673. The average Bonchev–Trinajstić information content (AvgIpc) is 3.25. The molecule has 0 aliphatic carbocycles. The number of fused-ring (bicyclic) bond motifs is 1. The molecule has 4 rings (SSSR count). The van der Waals surface area contributed by atoms with E-state index >= 15 is 0 Å². The Balaban J connectivity index is 1.48. The molecule has 2 aliphatic rings. The summed E-state index contributed by atoms with van der Waals surface area (Å²) in [5, 5.41) is 3.09. The number of sulfone groups is 1. The first-order chi connectivity index (χ1) is 14.7. The van der Waals surface area contributed by atoms with E-state index in [9.17, 15) is 13.2 Å². The van der Waals surface area contributed by atoms with Crippen molar-refractivity contribution < 1.29 is 17.9 Å². The van der Waals surface area contributed by atoms with Crippen LogP contribution in [0.3, 0.4) is 0 Å². The Morgan fingerprint density at radius 3 is 2.68 bits per heavy atom. The summed E-state index contributed by atoms with van der Waals surface area (Å²) in [6.07, 6.45) is 0.606. The van der Waals surface area contributed by atoms with Crippen molar-refractivity contribution in [1.82, 2.24) is 19.8 Å². The molecule has 9 heteroatoms. The first-order valence-corrected chi connectivity index (χ1v) is 12.9. The summed E-state index contributed by atoms with van der Waals surface area (Å²) in [7, 11) is -2.99. The fraction of sp³-hybridized carbons (Fsp3) is 0.636. The van der Waals surface area contributed by atoms with Crippen LogP contribution in [0.5, 0.6) is 0 Å². The number of hydrogen-bond donors (Lipinski definition) is 1. The maximum absolute atomic E-state index is 12.9. The number of aromatic nitrogens is 2. The quantitative estimate of drug-likeness (QED) is 0.724. The molecule has 2 saturated heterocycles. The van der Waals surface area contributed by atoms with Gasteiger partial charge in [-0.25, -0.2) is 13.4 Å². The fourth-order valence-corrected chi connectivity index (χ4v) is 6.50. The molecule has 31 heavy (non-hydrogen) atoms. The number of rotatable bonds is 6. The van der Waals surface area contributed by atoms with Gasteiger partial charge in [0.1, 0.15) is 5.82 Å². The number of hydrogen-bond acceptors (Lipinski definition) is 6. The number of ether oxygens (including phenoxy) is 1. The summed E-state index contributed by atoms with van der Waals surface area (Å²) in [4.78, 5) is 19.9. The highest BCUT2D eigenvalue weighted by Gasteiger charge is 2.31. The van der Waals surface area contributed by atoms with Crippen LogP contribution in [0.15, 0.2) is 18.2 Å². The van der Waals surface area contributed by atoms with E-state index in [0.717, 1.165) is 43.2 Å². The Morgan fingerprint density at radius 1 is 1.29 bits per heavy atom. The van der Waals surface area contributed by atoms with E-state index < -0.39 is 9.84 Å². The van der Waals surface area contributed by atoms with Gasteiger partial charge in [-0.15, -0.1) is 0 Å². The van der Waals surface area contributed by atoms with Gasteiger partial charge in [-0.2, -0.15) is 0 Å². The standard InChI is InChI=1S/C22H32N4O4S/c1-15(2)21(25-7-9-30-10-8-25)13-23-22(27)17-4-5-20-19(12-17)24-16(3)26(20)18-6-11-31(28,29)14-18/h4-5,12,15,18,21H,6-11,13-14H2,1-3H3,(H,23,27)/t18-,21-/m0/s1. The van der Waals surface area contributed by atoms with Crippen molar-refractivity contribution in [2.45, 2.75) is 39.3 Å². The largest absolute Gasteiger partial charge is 0.379 e. The SMILES string of the molecule is Cc1nc2cc(C(=O)NC[C@@H](C(C)C)N3CCOCC3)ccc2n1[C@H]1CCS(=O)(=O)C1. The summed E-state index contributed by atoms with van der Waals surface area (Å²) in [6, 6.07) is 5.67. The second-order valence-corrected chi connectivity index (χ2v) is 11.2. The number of carbonyl (C=O) groups excluding carboxylic acids is 1. The molecule has 0 spiro atoms. The molecule has 0 saturated carbocycles. The Labute approximate surface area is 183 Å². The molecule has 1 aromatic carbocycles. The average molecular weight is 449 g/mol. The molecule has 3 heterocycles. The van der Waals surface area contributed by atoms with Crippen molar-refractivity contribution in [1.29, 1.82) is 0 Å². The zero-order valence-electron chi connectivity index (χ0n) is 18.5. The van der Waals surface area contributed by atoms with E-state index in [4.69, 9.17) is 4.74 Å². The van der Waals surface area contributed by atoms with Gasteiger partial charge in [0.15, 0.2) is 9.84 Å². The molecule has 2 fully saturated rings. The van der Waals surface area contributed by atoms with Gasteiger partial charge in [-0.05, 0) is 37.5 Å². The van der Waals surface area contributed by atoms with Crippen LogP contribution < -0.4 is 5.32 Å². The maximum Gasteiger partial charge on any atom is 0.251 e. The van der Waals surface area contributed by atoms with Crippen molar-refractivity contribution in [3.63, 3.8) is 0 Å². The molecule has 2 aliphatic heterocycles. The summed E-state index contributed by atoms with van der Waals surface area (Å²) < 4.78 is 31.3. The zero-order valence-corrected chi connectivity index (χ0v) is 19.3. The van der Waals surface area contributed by atoms with E-state index in [2.05, 4.69) is 29.0 Å².